The van der Waals surface area contributed by atoms with Crippen molar-refractivity contribution in [3.8, 4) is 5.75 Å². The minimum absolute atomic E-state index is 0.121. The number of anilines is 1. The van der Waals surface area contributed by atoms with Gasteiger partial charge in [-0.25, -0.2) is 0 Å². The molecule has 21 heavy (non-hydrogen) atoms. The number of thiocarbonyl (C=S) groups is 1. The molecule has 0 aliphatic carbocycles. The topological polar surface area (TPSA) is 75.3 Å². The zero-order valence-electron chi connectivity index (χ0n) is 11.2. The molecule has 0 aromatic heterocycles. The first-order valence-corrected chi connectivity index (χ1v) is 7.29. The number of rotatable bonds is 3. The molecule has 2 rings (SSSR count). The average molecular weight is 365 g/mol. The predicted octanol–water partition coefficient (Wildman–Crippen LogP) is 3.35. The molecule has 1 amide bonds. The molecular formula is C15H13BrN2O2S. The van der Waals surface area contributed by atoms with Gasteiger partial charge in [-0.2, -0.15) is 0 Å². The molecule has 0 unspecified atom stereocenters. The van der Waals surface area contributed by atoms with E-state index in [1.807, 2.05) is 0 Å². The standard InChI is InChI=1S/C15H13BrN2O2S/c1-8-6-10(19)3-5-11(8)15(20)18-13-7-9(16)2-4-12(13)14(17)21/h2-7,19H,1H3,(H2,17,21)(H,18,20). The van der Waals surface area contributed by atoms with Crippen molar-refractivity contribution in [3.05, 3.63) is 57.6 Å². The third-order valence-electron chi connectivity index (χ3n) is 2.95. The Bertz CT molecular complexity index is 732. The van der Waals surface area contributed by atoms with Crippen molar-refractivity contribution in [2.45, 2.75) is 6.92 Å². The van der Waals surface area contributed by atoms with E-state index in [2.05, 4.69) is 21.2 Å². The summed E-state index contributed by atoms with van der Waals surface area (Å²) in [4.78, 5) is 12.5. The summed E-state index contributed by atoms with van der Waals surface area (Å²) in [6.45, 7) is 1.75. The molecule has 108 valence electrons. The van der Waals surface area contributed by atoms with Crippen LogP contribution in [0.1, 0.15) is 21.5 Å². The Hall–Kier alpha value is -1.92. The SMILES string of the molecule is Cc1cc(O)ccc1C(=O)Nc1cc(Br)ccc1C(N)=S. The van der Waals surface area contributed by atoms with Crippen LogP contribution in [-0.4, -0.2) is 16.0 Å². The number of halogens is 1. The van der Waals surface area contributed by atoms with E-state index in [0.29, 0.717) is 22.4 Å². The predicted molar refractivity (Wildman–Crippen MR) is 90.8 cm³/mol. The van der Waals surface area contributed by atoms with E-state index in [4.69, 9.17) is 18.0 Å². The molecule has 0 saturated carbocycles. The van der Waals surface area contributed by atoms with Gasteiger partial charge in [-0.15, -0.1) is 0 Å². The van der Waals surface area contributed by atoms with Crippen LogP contribution in [0.5, 0.6) is 5.75 Å². The number of nitrogens with one attached hydrogen (secondary N) is 1. The lowest BCUT2D eigenvalue weighted by molar-refractivity contribution is 0.102. The lowest BCUT2D eigenvalue weighted by Gasteiger charge is -2.12. The van der Waals surface area contributed by atoms with Crippen LogP contribution in [0.2, 0.25) is 0 Å². The lowest BCUT2D eigenvalue weighted by Crippen LogP contribution is -2.18. The molecule has 2 aromatic rings. The van der Waals surface area contributed by atoms with Gasteiger partial charge in [0, 0.05) is 15.6 Å². The third kappa shape index (κ3) is 3.59. The molecule has 0 spiro atoms. The van der Waals surface area contributed by atoms with Crippen molar-refractivity contribution >= 4 is 44.7 Å². The fourth-order valence-electron chi connectivity index (χ4n) is 1.93. The van der Waals surface area contributed by atoms with Crippen LogP contribution in [0.3, 0.4) is 0 Å². The van der Waals surface area contributed by atoms with E-state index >= 15 is 0 Å². The number of phenolic OH excluding ortho intramolecular Hbond substituents is 1. The number of amides is 1. The third-order valence-corrected chi connectivity index (χ3v) is 3.66. The second-order valence-corrected chi connectivity index (χ2v) is 5.86. The molecule has 0 bridgehead atoms. The maximum absolute atomic E-state index is 12.3. The second-order valence-electron chi connectivity index (χ2n) is 4.51. The van der Waals surface area contributed by atoms with Crippen LogP contribution in [0.15, 0.2) is 40.9 Å². The molecule has 0 saturated heterocycles. The Morgan fingerprint density at radius 2 is 1.90 bits per heavy atom. The van der Waals surface area contributed by atoms with Gasteiger partial charge in [-0.05, 0) is 48.9 Å². The minimum Gasteiger partial charge on any atom is -0.508 e. The summed E-state index contributed by atoms with van der Waals surface area (Å²) in [6.07, 6.45) is 0. The summed E-state index contributed by atoms with van der Waals surface area (Å²) < 4.78 is 0.806. The number of carbonyl (C=O) groups is 1. The average Bonchev–Trinajstić information content (AvgIpc) is 2.37. The van der Waals surface area contributed by atoms with Crippen molar-refractivity contribution in [3.63, 3.8) is 0 Å². The summed E-state index contributed by atoms with van der Waals surface area (Å²) in [5.41, 5.74) is 7.95. The van der Waals surface area contributed by atoms with Crippen molar-refractivity contribution in [1.82, 2.24) is 0 Å². The Kier molecular flexibility index (Phi) is 4.59. The summed E-state index contributed by atoms with van der Waals surface area (Å²) in [5.74, 6) is -0.168. The first-order valence-electron chi connectivity index (χ1n) is 6.09. The highest BCUT2D eigenvalue weighted by molar-refractivity contribution is 9.10. The smallest absolute Gasteiger partial charge is 0.255 e. The second kappa shape index (κ2) is 6.24. The van der Waals surface area contributed by atoms with E-state index in [0.717, 1.165) is 4.47 Å². The molecule has 0 aliphatic rings. The zero-order valence-corrected chi connectivity index (χ0v) is 13.6. The van der Waals surface area contributed by atoms with Crippen LogP contribution in [0.4, 0.5) is 5.69 Å². The van der Waals surface area contributed by atoms with Crippen LogP contribution in [0, 0.1) is 6.92 Å². The Balaban J connectivity index is 2.35. The first kappa shape index (κ1) is 15.5. The van der Waals surface area contributed by atoms with Gasteiger partial charge < -0.3 is 16.2 Å². The Morgan fingerprint density at radius 1 is 1.24 bits per heavy atom. The van der Waals surface area contributed by atoms with Gasteiger partial charge in [0.1, 0.15) is 10.7 Å². The van der Waals surface area contributed by atoms with Crippen molar-refractivity contribution in [1.29, 1.82) is 0 Å². The number of hydrogen-bond donors (Lipinski definition) is 3. The lowest BCUT2D eigenvalue weighted by atomic mass is 10.1. The maximum atomic E-state index is 12.3. The molecule has 0 fully saturated rings. The van der Waals surface area contributed by atoms with Crippen LogP contribution in [0.25, 0.3) is 0 Å². The van der Waals surface area contributed by atoms with Crippen molar-refractivity contribution in [2.75, 3.05) is 5.32 Å². The van der Waals surface area contributed by atoms with Crippen LogP contribution >= 0.6 is 28.1 Å². The highest BCUT2D eigenvalue weighted by atomic mass is 79.9. The van der Waals surface area contributed by atoms with E-state index in [1.54, 1.807) is 31.2 Å². The summed E-state index contributed by atoms with van der Waals surface area (Å²) in [7, 11) is 0. The highest BCUT2D eigenvalue weighted by Crippen LogP contribution is 2.23. The highest BCUT2D eigenvalue weighted by Gasteiger charge is 2.13. The van der Waals surface area contributed by atoms with Crippen LogP contribution < -0.4 is 11.1 Å². The number of carbonyl (C=O) groups excluding carboxylic acids is 1. The summed E-state index contributed by atoms with van der Waals surface area (Å²) in [6, 6.07) is 9.85. The van der Waals surface area contributed by atoms with Crippen molar-refractivity contribution < 1.29 is 9.90 Å². The fraction of sp³-hybridized carbons (Fsp3) is 0.0667. The molecule has 6 heteroatoms. The molecule has 0 radical (unpaired) electrons. The van der Waals surface area contributed by atoms with Gasteiger partial charge in [0.05, 0.1) is 5.69 Å². The van der Waals surface area contributed by atoms with Gasteiger partial charge in [-0.3, -0.25) is 4.79 Å². The van der Waals surface area contributed by atoms with E-state index < -0.39 is 0 Å². The molecule has 0 heterocycles. The van der Waals surface area contributed by atoms with Gasteiger partial charge in [0.2, 0.25) is 0 Å². The molecule has 4 nitrogen and oxygen atoms in total. The number of benzene rings is 2. The number of aromatic hydroxyl groups is 1. The monoisotopic (exact) mass is 364 g/mol. The van der Waals surface area contributed by atoms with Gasteiger partial charge in [-0.1, -0.05) is 28.1 Å². The minimum atomic E-state index is -0.289. The molecule has 2 aromatic carbocycles. The number of aryl methyl sites for hydroxylation is 1. The summed E-state index contributed by atoms with van der Waals surface area (Å²) >= 11 is 8.33. The largest absolute Gasteiger partial charge is 0.508 e. The Labute approximate surface area is 136 Å². The fourth-order valence-corrected chi connectivity index (χ4v) is 2.47. The number of nitrogens with two attached hydrogens (primary N) is 1. The number of hydrogen-bond acceptors (Lipinski definition) is 3. The normalized spacial score (nSPS) is 10.2. The Morgan fingerprint density at radius 3 is 2.52 bits per heavy atom. The molecule has 4 N–H and O–H groups in total. The quantitative estimate of drug-likeness (QED) is 0.730. The van der Waals surface area contributed by atoms with Gasteiger partial charge >= 0.3 is 0 Å². The van der Waals surface area contributed by atoms with Crippen LogP contribution in [-0.2, 0) is 0 Å². The van der Waals surface area contributed by atoms with Gasteiger partial charge in [0.25, 0.3) is 5.91 Å². The van der Waals surface area contributed by atoms with E-state index in [-0.39, 0.29) is 16.6 Å². The van der Waals surface area contributed by atoms with Crippen molar-refractivity contribution in [2.24, 2.45) is 5.73 Å². The molecule has 0 atom stereocenters. The number of phenols is 1. The summed E-state index contributed by atoms with van der Waals surface area (Å²) in [5, 5.41) is 12.2. The first-order chi connectivity index (χ1) is 9.88. The molecule has 0 aliphatic heterocycles. The van der Waals surface area contributed by atoms with E-state index in [1.165, 1.54) is 12.1 Å². The zero-order chi connectivity index (χ0) is 15.6. The van der Waals surface area contributed by atoms with Gasteiger partial charge in [0.15, 0.2) is 0 Å². The molecular weight excluding hydrogens is 352 g/mol. The maximum Gasteiger partial charge on any atom is 0.255 e. The van der Waals surface area contributed by atoms with E-state index in [9.17, 15) is 9.90 Å².